The summed E-state index contributed by atoms with van der Waals surface area (Å²) >= 11 is 6.11. The Morgan fingerprint density at radius 2 is 1.65 bits per heavy atom. The summed E-state index contributed by atoms with van der Waals surface area (Å²) in [6.45, 7) is 2.92. The molecule has 0 N–H and O–H groups in total. The molecule has 3 aromatic carbocycles. The van der Waals surface area contributed by atoms with Gasteiger partial charge in [-0.15, -0.1) is 0 Å². The lowest BCUT2D eigenvalue weighted by Crippen LogP contribution is -2.35. The van der Waals surface area contributed by atoms with Crippen molar-refractivity contribution in [3.05, 3.63) is 101 Å². The average Bonchev–Trinajstić information content (AvgIpc) is 3.27. The minimum absolute atomic E-state index is 0.0810. The van der Waals surface area contributed by atoms with Gasteiger partial charge in [-0.2, -0.15) is 0 Å². The van der Waals surface area contributed by atoms with Crippen LogP contribution in [0.15, 0.2) is 78.9 Å². The van der Waals surface area contributed by atoms with Gasteiger partial charge < -0.3 is 9.47 Å². The number of halogens is 1. The van der Waals surface area contributed by atoms with Gasteiger partial charge in [0.2, 0.25) is 0 Å². The smallest absolute Gasteiger partial charge is 0.118 e. The Balaban J connectivity index is 1.39. The highest BCUT2D eigenvalue weighted by molar-refractivity contribution is 6.30. The van der Waals surface area contributed by atoms with Crippen molar-refractivity contribution in [3.63, 3.8) is 0 Å². The summed E-state index contributed by atoms with van der Waals surface area (Å²) in [7, 11) is 1.70. The number of hydrogen-bond acceptors (Lipinski definition) is 3. The van der Waals surface area contributed by atoms with E-state index in [1.807, 2.05) is 30.3 Å². The summed E-state index contributed by atoms with van der Waals surface area (Å²) in [4.78, 5) is 2.58. The van der Waals surface area contributed by atoms with E-state index in [0.717, 1.165) is 42.5 Å². The van der Waals surface area contributed by atoms with E-state index in [-0.39, 0.29) is 6.10 Å². The molecule has 1 fully saturated rings. The second kappa shape index (κ2) is 10.8. The van der Waals surface area contributed by atoms with E-state index in [9.17, 15) is 0 Å². The fourth-order valence-electron chi connectivity index (χ4n) is 4.30. The summed E-state index contributed by atoms with van der Waals surface area (Å²) in [6.07, 6.45) is 3.38. The highest BCUT2D eigenvalue weighted by atomic mass is 35.5. The van der Waals surface area contributed by atoms with Gasteiger partial charge >= 0.3 is 0 Å². The van der Waals surface area contributed by atoms with Crippen LogP contribution in [0.25, 0.3) is 0 Å². The zero-order valence-electron chi connectivity index (χ0n) is 18.0. The molecule has 0 aliphatic carbocycles. The fraction of sp³-hybridized carbons (Fsp3) is 0.333. The number of hydrogen-bond donors (Lipinski definition) is 0. The quantitative estimate of drug-likeness (QED) is 0.401. The largest absolute Gasteiger partial charge is 0.497 e. The molecule has 2 atom stereocenters. The highest BCUT2D eigenvalue weighted by Crippen LogP contribution is 2.29. The van der Waals surface area contributed by atoms with Crippen LogP contribution in [0.3, 0.4) is 0 Å². The van der Waals surface area contributed by atoms with E-state index in [0.29, 0.717) is 6.04 Å². The molecule has 31 heavy (non-hydrogen) atoms. The van der Waals surface area contributed by atoms with E-state index in [4.69, 9.17) is 21.1 Å². The maximum Gasteiger partial charge on any atom is 0.118 e. The van der Waals surface area contributed by atoms with Crippen LogP contribution in [0.4, 0.5) is 0 Å². The Morgan fingerprint density at radius 1 is 0.935 bits per heavy atom. The van der Waals surface area contributed by atoms with E-state index >= 15 is 0 Å². The number of likely N-dealkylation sites (tertiary alicyclic amines) is 1. The zero-order valence-corrected chi connectivity index (χ0v) is 18.8. The maximum absolute atomic E-state index is 6.55. The number of methoxy groups -OCH3 is 1. The molecule has 3 nitrogen and oxygen atoms in total. The fourth-order valence-corrected chi connectivity index (χ4v) is 4.43. The lowest BCUT2D eigenvalue weighted by molar-refractivity contribution is 0.0381. The van der Waals surface area contributed by atoms with Crippen LogP contribution in [-0.4, -0.2) is 37.7 Å². The van der Waals surface area contributed by atoms with Crippen molar-refractivity contribution in [1.82, 2.24) is 4.90 Å². The Labute approximate surface area is 190 Å². The highest BCUT2D eigenvalue weighted by Gasteiger charge is 2.26. The summed E-state index contributed by atoms with van der Waals surface area (Å²) in [6, 6.07) is 27.3. The van der Waals surface area contributed by atoms with Gasteiger partial charge in [0.25, 0.3) is 0 Å². The normalized spacial score (nSPS) is 17.5. The molecule has 1 heterocycles. The molecule has 162 valence electrons. The first kappa shape index (κ1) is 21.9. The van der Waals surface area contributed by atoms with Gasteiger partial charge in [0.15, 0.2) is 0 Å². The lowest BCUT2D eigenvalue weighted by Gasteiger charge is -2.27. The Kier molecular flexibility index (Phi) is 7.63. The predicted molar refractivity (Wildman–Crippen MR) is 127 cm³/mol. The first-order valence-electron chi connectivity index (χ1n) is 11.0. The average molecular weight is 436 g/mol. The summed E-state index contributed by atoms with van der Waals surface area (Å²) < 4.78 is 11.8. The van der Waals surface area contributed by atoms with Crippen molar-refractivity contribution in [3.8, 4) is 5.75 Å². The number of nitrogens with zero attached hydrogens (tertiary/aromatic N) is 1. The van der Waals surface area contributed by atoms with E-state index < -0.39 is 0 Å². The van der Waals surface area contributed by atoms with Gasteiger partial charge in [-0.25, -0.2) is 0 Å². The minimum atomic E-state index is -0.0810. The van der Waals surface area contributed by atoms with Gasteiger partial charge in [-0.3, -0.25) is 4.90 Å². The third-order valence-corrected chi connectivity index (χ3v) is 6.33. The molecule has 0 saturated carbocycles. The van der Waals surface area contributed by atoms with Crippen molar-refractivity contribution in [2.45, 2.75) is 31.4 Å². The summed E-state index contributed by atoms with van der Waals surface area (Å²) in [5, 5.41) is 0.746. The minimum Gasteiger partial charge on any atom is -0.497 e. The molecule has 1 aliphatic heterocycles. The Bertz CT molecular complexity index is 928. The summed E-state index contributed by atoms with van der Waals surface area (Å²) in [5.74, 6) is 0.908. The van der Waals surface area contributed by atoms with Gasteiger partial charge in [0.05, 0.1) is 13.7 Å². The van der Waals surface area contributed by atoms with Crippen LogP contribution in [0.2, 0.25) is 5.02 Å². The van der Waals surface area contributed by atoms with Crippen molar-refractivity contribution < 1.29 is 9.47 Å². The monoisotopic (exact) mass is 435 g/mol. The molecule has 0 amide bonds. The molecule has 1 unspecified atom stereocenters. The Morgan fingerprint density at radius 3 is 2.35 bits per heavy atom. The van der Waals surface area contributed by atoms with Gasteiger partial charge in [0, 0.05) is 17.6 Å². The first-order valence-corrected chi connectivity index (χ1v) is 11.4. The van der Waals surface area contributed by atoms with Crippen LogP contribution in [-0.2, 0) is 11.2 Å². The lowest BCUT2D eigenvalue weighted by atomic mass is 10.0. The van der Waals surface area contributed by atoms with Gasteiger partial charge in [-0.1, -0.05) is 66.2 Å². The molecule has 0 aromatic heterocycles. The van der Waals surface area contributed by atoms with Crippen molar-refractivity contribution in [2.24, 2.45) is 0 Å². The van der Waals surface area contributed by atoms with Crippen molar-refractivity contribution in [2.75, 3.05) is 26.8 Å². The van der Waals surface area contributed by atoms with E-state index in [1.54, 1.807) is 7.11 Å². The molecule has 4 heteroatoms. The van der Waals surface area contributed by atoms with Crippen LogP contribution in [0.5, 0.6) is 5.75 Å². The first-order chi connectivity index (χ1) is 15.2. The molecule has 3 aromatic rings. The van der Waals surface area contributed by atoms with Crippen LogP contribution in [0, 0.1) is 0 Å². The molecule has 0 bridgehead atoms. The molecular weight excluding hydrogens is 406 g/mol. The molecule has 1 aliphatic rings. The second-order valence-electron chi connectivity index (χ2n) is 8.11. The number of rotatable bonds is 9. The zero-order chi connectivity index (χ0) is 21.5. The molecule has 4 rings (SSSR count). The topological polar surface area (TPSA) is 21.7 Å². The third-order valence-electron chi connectivity index (χ3n) is 6.08. The SMILES string of the molecule is COc1ccc(CCN2CCC[C@@H]2COC(c2ccccc2)c2ccc(Cl)cc2)cc1. The predicted octanol–water partition coefficient (Wildman–Crippen LogP) is 6.16. The third kappa shape index (κ3) is 5.88. The maximum atomic E-state index is 6.55. The molecule has 0 radical (unpaired) electrons. The van der Waals surface area contributed by atoms with Crippen molar-refractivity contribution >= 4 is 11.6 Å². The van der Waals surface area contributed by atoms with E-state index in [2.05, 4.69) is 53.4 Å². The van der Waals surface area contributed by atoms with E-state index in [1.165, 1.54) is 24.0 Å². The Hall–Kier alpha value is -2.33. The number of benzene rings is 3. The molecule has 0 spiro atoms. The van der Waals surface area contributed by atoms with Crippen LogP contribution < -0.4 is 4.74 Å². The molecule has 1 saturated heterocycles. The second-order valence-corrected chi connectivity index (χ2v) is 8.54. The summed E-state index contributed by atoms with van der Waals surface area (Å²) in [5.41, 5.74) is 3.65. The van der Waals surface area contributed by atoms with Crippen molar-refractivity contribution in [1.29, 1.82) is 0 Å². The van der Waals surface area contributed by atoms with Gasteiger partial charge in [0.1, 0.15) is 11.9 Å². The van der Waals surface area contributed by atoms with Crippen LogP contribution in [0.1, 0.15) is 35.6 Å². The van der Waals surface area contributed by atoms with Gasteiger partial charge in [-0.05, 0) is 66.8 Å². The van der Waals surface area contributed by atoms with Crippen LogP contribution >= 0.6 is 11.6 Å². The standard InChI is InChI=1S/C27H30ClNO2/c1-30-26-15-9-21(10-16-26)17-19-29-18-5-8-25(29)20-31-27(22-6-3-2-4-7-22)23-11-13-24(28)14-12-23/h2-4,6-7,9-16,25,27H,5,8,17-20H2,1H3/t25-,27?/m1/s1. The number of ether oxygens (including phenoxy) is 2. The molecular formula is C27H30ClNO2.